The summed E-state index contributed by atoms with van der Waals surface area (Å²) in [7, 11) is 0. The first-order valence-electron chi connectivity index (χ1n) is 9.16. The van der Waals surface area contributed by atoms with Gasteiger partial charge in [0.25, 0.3) is 5.69 Å². The van der Waals surface area contributed by atoms with Crippen molar-refractivity contribution in [3.05, 3.63) is 82.0 Å². The van der Waals surface area contributed by atoms with Crippen LogP contribution in [0.15, 0.2) is 66.3 Å². The second-order valence-corrected chi connectivity index (χ2v) is 7.50. The predicted octanol–water partition coefficient (Wildman–Crippen LogP) is 3.77. The highest BCUT2D eigenvalue weighted by Gasteiger charge is 2.23. The number of rotatable bonds is 7. The summed E-state index contributed by atoms with van der Waals surface area (Å²) < 4.78 is 0. The first-order chi connectivity index (χ1) is 14.6. The van der Waals surface area contributed by atoms with Crippen LogP contribution in [-0.2, 0) is 0 Å². The molecule has 4 rings (SSSR count). The average Bonchev–Trinajstić information content (AvgIpc) is 3.22. The number of aliphatic hydroxyl groups excluding tert-OH is 2. The zero-order valence-corrected chi connectivity index (χ0v) is 16.5. The number of non-ortho nitro benzene ring substituents is 1. The van der Waals surface area contributed by atoms with Gasteiger partial charge in [0.15, 0.2) is 0 Å². The molecule has 0 amide bonds. The summed E-state index contributed by atoms with van der Waals surface area (Å²) in [5, 5.41) is 37.4. The lowest BCUT2D eigenvalue weighted by atomic mass is 10.0. The van der Waals surface area contributed by atoms with Crippen molar-refractivity contribution in [3.63, 3.8) is 0 Å². The molecule has 0 saturated heterocycles. The van der Waals surface area contributed by atoms with Gasteiger partial charge in [0.2, 0.25) is 0 Å². The van der Waals surface area contributed by atoms with Gasteiger partial charge in [0.05, 0.1) is 23.0 Å². The van der Waals surface area contributed by atoms with Crippen molar-refractivity contribution in [2.24, 2.45) is 0 Å². The smallest absolute Gasteiger partial charge is 0.269 e. The van der Waals surface area contributed by atoms with Crippen LogP contribution in [0.2, 0.25) is 0 Å². The van der Waals surface area contributed by atoms with Gasteiger partial charge < -0.3 is 15.5 Å². The molecule has 0 fully saturated rings. The van der Waals surface area contributed by atoms with Crippen LogP contribution in [0.4, 0.5) is 11.5 Å². The number of fused-ring (bicyclic) bond motifs is 1. The van der Waals surface area contributed by atoms with Crippen LogP contribution in [0.3, 0.4) is 0 Å². The van der Waals surface area contributed by atoms with Crippen molar-refractivity contribution in [3.8, 4) is 11.1 Å². The number of nitro groups is 1. The zero-order chi connectivity index (χ0) is 21.1. The molecule has 0 aliphatic rings. The van der Waals surface area contributed by atoms with E-state index >= 15 is 0 Å². The molecular formula is C21H18N4O4S. The SMILES string of the molecule is O=[N+]([O-])c1ccc(C(O)C(CO)Nc2ncnc3scc(-c4ccccc4)c23)cc1. The number of hydrogen-bond donors (Lipinski definition) is 3. The van der Waals surface area contributed by atoms with Crippen LogP contribution in [0, 0.1) is 10.1 Å². The quantitative estimate of drug-likeness (QED) is 0.306. The second kappa shape index (κ2) is 8.54. The molecule has 4 aromatic rings. The third-order valence-corrected chi connectivity index (χ3v) is 5.69. The number of aromatic nitrogens is 2. The number of nitro benzene ring substituents is 1. The molecule has 2 atom stereocenters. The third kappa shape index (κ3) is 3.86. The molecule has 0 aliphatic carbocycles. The Bertz CT molecular complexity index is 1160. The Kier molecular flexibility index (Phi) is 5.66. The predicted molar refractivity (Wildman–Crippen MR) is 115 cm³/mol. The number of nitrogens with one attached hydrogen (secondary N) is 1. The maximum atomic E-state index is 10.8. The van der Waals surface area contributed by atoms with Crippen molar-refractivity contribution in [1.29, 1.82) is 0 Å². The molecule has 8 nitrogen and oxygen atoms in total. The molecule has 9 heteroatoms. The fourth-order valence-electron chi connectivity index (χ4n) is 3.24. The number of hydrogen-bond acceptors (Lipinski definition) is 8. The summed E-state index contributed by atoms with van der Waals surface area (Å²) in [4.78, 5) is 19.8. The highest BCUT2D eigenvalue weighted by atomic mass is 32.1. The van der Waals surface area contributed by atoms with E-state index in [0.29, 0.717) is 11.4 Å². The fourth-order valence-corrected chi connectivity index (χ4v) is 4.16. The first-order valence-corrected chi connectivity index (χ1v) is 10.0. The van der Waals surface area contributed by atoms with E-state index in [9.17, 15) is 20.3 Å². The molecule has 0 spiro atoms. The molecule has 152 valence electrons. The minimum absolute atomic E-state index is 0.0669. The second-order valence-electron chi connectivity index (χ2n) is 6.64. The van der Waals surface area contributed by atoms with Gasteiger partial charge in [-0.3, -0.25) is 10.1 Å². The Balaban J connectivity index is 1.66. The van der Waals surface area contributed by atoms with E-state index in [2.05, 4.69) is 15.3 Å². The average molecular weight is 422 g/mol. The van der Waals surface area contributed by atoms with E-state index in [1.807, 2.05) is 35.7 Å². The fraction of sp³-hybridized carbons (Fsp3) is 0.143. The maximum Gasteiger partial charge on any atom is 0.269 e. The van der Waals surface area contributed by atoms with Gasteiger partial charge in [-0.25, -0.2) is 9.97 Å². The number of thiophene rings is 1. The van der Waals surface area contributed by atoms with Crippen molar-refractivity contribution < 1.29 is 15.1 Å². The first kappa shape index (κ1) is 19.9. The van der Waals surface area contributed by atoms with Gasteiger partial charge in [-0.1, -0.05) is 30.3 Å². The number of aliphatic hydroxyl groups is 2. The molecular weight excluding hydrogens is 404 g/mol. The molecule has 0 aliphatic heterocycles. The monoisotopic (exact) mass is 422 g/mol. The number of nitrogens with zero attached hydrogens (tertiary/aromatic N) is 3. The minimum atomic E-state index is -1.10. The van der Waals surface area contributed by atoms with Crippen molar-refractivity contribution >= 4 is 33.1 Å². The summed E-state index contributed by atoms with van der Waals surface area (Å²) in [6.45, 7) is -0.367. The van der Waals surface area contributed by atoms with Crippen LogP contribution in [-0.4, -0.2) is 37.8 Å². The van der Waals surface area contributed by atoms with Crippen LogP contribution >= 0.6 is 11.3 Å². The summed E-state index contributed by atoms with van der Waals surface area (Å²) >= 11 is 1.49. The van der Waals surface area contributed by atoms with Gasteiger partial charge in [-0.2, -0.15) is 0 Å². The Morgan fingerprint density at radius 2 is 1.83 bits per heavy atom. The van der Waals surface area contributed by atoms with Gasteiger partial charge in [-0.15, -0.1) is 11.3 Å². The molecule has 0 radical (unpaired) electrons. The number of benzene rings is 2. The van der Waals surface area contributed by atoms with Crippen LogP contribution in [0.5, 0.6) is 0 Å². The summed E-state index contributed by atoms with van der Waals surface area (Å²) in [6.07, 6.45) is 0.336. The van der Waals surface area contributed by atoms with E-state index in [4.69, 9.17) is 0 Å². The highest BCUT2D eigenvalue weighted by Crippen LogP contribution is 2.37. The topological polar surface area (TPSA) is 121 Å². The van der Waals surface area contributed by atoms with Crippen molar-refractivity contribution in [2.45, 2.75) is 12.1 Å². The number of anilines is 1. The molecule has 2 aromatic heterocycles. The van der Waals surface area contributed by atoms with E-state index in [0.717, 1.165) is 21.3 Å². The Labute approximate surface area is 175 Å². The van der Waals surface area contributed by atoms with Gasteiger partial charge >= 0.3 is 0 Å². The summed E-state index contributed by atoms with van der Waals surface area (Å²) in [5.74, 6) is 0.500. The Hall–Kier alpha value is -3.40. The molecule has 2 unspecified atom stereocenters. The summed E-state index contributed by atoms with van der Waals surface area (Å²) in [6, 6.07) is 14.6. The van der Waals surface area contributed by atoms with Gasteiger partial charge in [0.1, 0.15) is 23.1 Å². The molecule has 2 aromatic carbocycles. The van der Waals surface area contributed by atoms with E-state index in [-0.39, 0.29) is 12.3 Å². The van der Waals surface area contributed by atoms with E-state index in [1.165, 1.54) is 41.9 Å². The molecule has 3 N–H and O–H groups in total. The van der Waals surface area contributed by atoms with Crippen LogP contribution in [0.25, 0.3) is 21.3 Å². The van der Waals surface area contributed by atoms with E-state index < -0.39 is 17.1 Å². The van der Waals surface area contributed by atoms with Crippen LogP contribution in [0.1, 0.15) is 11.7 Å². The standard InChI is InChI=1S/C21H18N4O4S/c26-10-17(19(27)14-6-8-15(9-7-14)25(28)29)24-20-18-16(13-4-2-1-3-5-13)11-30-21(18)23-12-22-20/h1-9,11-12,17,19,26-27H,10H2,(H,22,23,24). The Morgan fingerprint density at radius 3 is 2.50 bits per heavy atom. The molecule has 30 heavy (non-hydrogen) atoms. The van der Waals surface area contributed by atoms with Crippen molar-refractivity contribution in [1.82, 2.24) is 9.97 Å². The van der Waals surface area contributed by atoms with E-state index in [1.54, 1.807) is 0 Å². The lowest BCUT2D eigenvalue weighted by Gasteiger charge is -2.23. The minimum Gasteiger partial charge on any atom is -0.394 e. The molecule has 0 saturated carbocycles. The van der Waals surface area contributed by atoms with Gasteiger partial charge in [-0.05, 0) is 23.3 Å². The molecule has 0 bridgehead atoms. The normalized spacial score (nSPS) is 13.1. The van der Waals surface area contributed by atoms with Crippen LogP contribution < -0.4 is 5.32 Å². The van der Waals surface area contributed by atoms with Gasteiger partial charge in [0, 0.05) is 23.1 Å². The largest absolute Gasteiger partial charge is 0.394 e. The maximum absolute atomic E-state index is 10.8. The molecule has 2 heterocycles. The zero-order valence-electron chi connectivity index (χ0n) is 15.7. The Morgan fingerprint density at radius 1 is 1.10 bits per heavy atom. The highest BCUT2D eigenvalue weighted by molar-refractivity contribution is 7.17. The lowest BCUT2D eigenvalue weighted by Crippen LogP contribution is -2.31. The van der Waals surface area contributed by atoms with Crippen molar-refractivity contribution in [2.75, 3.05) is 11.9 Å². The lowest BCUT2D eigenvalue weighted by molar-refractivity contribution is -0.384. The summed E-state index contributed by atoms with van der Waals surface area (Å²) in [5.41, 5.74) is 2.35. The third-order valence-electron chi connectivity index (χ3n) is 4.80.